The number of anilines is 1. The molecule has 0 bridgehead atoms. The molecule has 1 amide bonds. The van der Waals surface area contributed by atoms with Crippen LogP contribution in [0.1, 0.15) is 18.1 Å². The summed E-state index contributed by atoms with van der Waals surface area (Å²) in [5, 5.41) is 3.42. The molecule has 1 N–H and O–H groups in total. The lowest BCUT2D eigenvalue weighted by atomic mass is 10.1. The largest absolute Gasteiger partial charge is 0.324 e. The second-order valence-corrected chi connectivity index (χ2v) is 6.94. The number of hydrogen-bond acceptors (Lipinski definition) is 3. The van der Waals surface area contributed by atoms with E-state index in [2.05, 4.69) is 17.2 Å². The van der Waals surface area contributed by atoms with Crippen LogP contribution in [0.3, 0.4) is 0 Å². The molecule has 2 aromatic heterocycles. The van der Waals surface area contributed by atoms with Crippen molar-refractivity contribution in [2.45, 2.75) is 26.8 Å². The van der Waals surface area contributed by atoms with Gasteiger partial charge in [0.1, 0.15) is 6.54 Å². The molecule has 0 unspecified atom stereocenters. The van der Waals surface area contributed by atoms with Gasteiger partial charge in [-0.3, -0.25) is 14.3 Å². The number of aryl methyl sites for hydroxylation is 2. The number of nitrogens with zero attached hydrogens (tertiary/aromatic N) is 3. The monoisotopic (exact) mass is 386 g/mol. The van der Waals surface area contributed by atoms with Gasteiger partial charge in [0, 0.05) is 11.9 Å². The molecule has 0 spiro atoms. The fourth-order valence-electron chi connectivity index (χ4n) is 3.44. The number of hydrogen-bond donors (Lipinski definition) is 1. The Kier molecular flexibility index (Phi) is 4.99. The predicted molar refractivity (Wildman–Crippen MR) is 115 cm³/mol. The van der Waals surface area contributed by atoms with Crippen LogP contribution in [0.5, 0.6) is 0 Å². The first kappa shape index (κ1) is 18.7. The van der Waals surface area contributed by atoms with E-state index in [0.29, 0.717) is 11.0 Å². The van der Waals surface area contributed by atoms with Gasteiger partial charge < -0.3 is 5.32 Å². The van der Waals surface area contributed by atoms with Crippen LogP contribution in [-0.2, 0) is 17.8 Å². The SMILES string of the molecule is CCc1cccc(-n2c(=O)c3cccnc3n2CC(=O)Nc2ccccc2C)c1. The second-order valence-electron chi connectivity index (χ2n) is 6.94. The molecule has 2 heterocycles. The van der Waals surface area contributed by atoms with Gasteiger partial charge in [-0.15, -0.1) is 0 Å². The third kappa shape index (κ3) is 3.57. The normalized spacial score (nSPS) is 11.0. The summed E-state index contributed by atoms with van der Waals surface area (Å²) in [5.74, 6) is -0.220. The van der Waals surface area contributed by atoms with E-state index >= 15 is 0 Å². The van der Waals surface area contributed by atoms with E-state index in [-0.39, 0.29) is 18.0 Å². The minimum absolute atomic E-state index is 0.0273. The second kappa shape index (κ2) is 7.75. The van der Waals surface area contributed by atoms with E-state index in [1.165, 1.54) is 4.68 Å². The van der Waals surface area contributed by atoms with Crippen molar-refractivity contribution in [3.8, 4) is 5.69 Å². The third-order valence-corrected chi connectivity index (χ3v) is 4.97. The molecule has 0 fully saturated rings. The summed E-state index contributed by atoms with van der Waals surface area (Å²) >= 11 is 0. The minimum atomic E-state index is -0.220. The van der Waals surface area contributed by atoms with E-state index in [0.717, 1.165) is 28.9 Å². The maximum absolute atomic E-state index is 13.1. The van der Waals surface area contributed by atoms with Gasteiger partial charge in [-0.2, -0.15) is 0 Å². The van der Waals surface area contributed by atoms with Gasteiger partial charge in [-0.1, -0.05) is 37.3 Å². The highest BCUT2D eigenvalue weighted by Crippen LogP contribution is 2.17. The van der Waals surface area contributed by atoms with Crippen molar-refractivity contribution in [1.29, 1.82) is 0 Å². The lowest BCUT2D eigenvalue weighted by Crippen LogP contribution is -2.27. The molecule has 6 nitrogen and oxygen atoms in total. The molecule has 2 aromatic carbocycles. The molecule has 0 aliphatic rings. The van der Waals surface area contributed by atoms with E-state index in [9.17, 15) is 9.59 Å². The van der Waals surface area contributed by atoms with E-state index in [1.807, 2.05) is 55.5 Å². The van der Waals surface area contributed by atoms with E-state index in [1.54, 1.807) is 23.0 Å². The number of rotatable bonds is 5. The van der Waals surface area contributed by atoms with Crippen LogP contribution in [0.25, 0.3) is 16.7 Å². The molecule has 0 saturated heterocycles. The number of benzene rings is 2. The zero-order valence-electron chi connectivity index (χ0n) is 16.4. The molecule has 0 atom stereocenters. The van der Waals surface area contributed by atoms with Gasteiger partial charge in [-0.05, 0) is 54.8 Å². The number of carbonyl (C=O) groups is 1. The van der Waals surface area contributed by atoms with Crippen LogP contribution in [0.15, 0.2) is 71.7 Å². The van der Waals surface area contributed by atoms with Crippen LogP contribution < -0.4 is 10.9 Å². The molecule has 0 aliphatic heterocycles. The van der Waals surface area contributed by atoms with Gasteiger partial charge in [0.05, 0.1) is 11.1 Å². The Morgan fingerprint density at radius 2 is 1.90 bits per heavy atom. The van der Waals surface area contributed by atoms with Gasteiger partial charge in [0.15, 0.2) is 5.65 Å². The number of nitrogens with one attached hydrogen (secondary N) is 1. The quantitative estimate of drug-likeness (QED) is 0.569. The average molecular weight is 386 g/mol. The van der Waals surface area contributed by atoms with Crippen molar-refractivity contribution in [3.63, 3.8) is 0 Å². The van der Waals surface area contributed by atoms with Gasteiger partial charge >= 0.3 is 0 Å². The van der Waals surface area contributed by atoms with Crippen molar-refractivity contribution < 1.29 is 4.79 Å². The highest BCUT2D eigenvalue weighted by atomic mass is 16.2. The molecular formula is C23H22N4O2. The van der Waals surface area contributed by atoms with Crippen LogP contribution in [0.4, 0.5) is 5.69 Å². The summed E-state index contributed by atoms with van der Waals surface area (Å²) in [7, 11) is 0. The molecule has 6 heteroatoms. The highest BCUT2D eigenvalue weighted by molar-refractivity contribution is 5.92. The van der Waals surface area contributed by atoms with Crippen molar-refractivity contribution in [2.24, 2.45) is 0 Å². The Morgan fingerprint density at radius 3 is 2.69 bits per heavy atom. The first-order valence-corrected chi connectivity index (χ1v) is 9.60. The summed E-state index contributed by atoms with van der Waals surface area (Å²) in [6, 6.07) is 18.8. The summed E-state index contributed by atoms with van der Waals surface area (Å²) in [6.07, 6.45) is 2.49. The fourth-order valence-corrected chi connectivity index (χ4v) is 3.44. The highest BCUT2D eigenvalue weighted by Gasteiger charge is 2.18. The van der Waals surface area contributed by atoms with Crippen LogP contribution >= 0.6 is 0 Å². The summed E-state index contributed by atoms with van der Waals surface area (Å²) in [6.45, 7) is 3.98. The first-order valence-electron chi connectivity index (χ1n) is 9.60. The Balaban J connectivity index is 1.79. The molecular weight excluding hydrogens is 364 g/mol. The molecule has 4 rings (SSSR count). The van der Waals surface area contributed by atoms with Crippen molar-refractivity contribution in [1.82, 2.24) is 14.3 Å². The predicted octanol–water partition coefficient (Wildman–Crippen LogP) is 3.70. The van der Waals surface area contributed by atoms with Gasteiger partial charge in [0.2, 0.25) is 5.91 Å². The Morgan fingerprint density at radius 1 is 1.07 bits per heavy atom. The molecule has 146 valence electrons. The van der Waals surface area contributed by atoms with Gasteiger partial charge in [0.25, 0.3) is 5.56 Å². The smallest absolute Gasteiger partial charge is 0.280 e. The fraction of sp³-hybridized carbons (Fsp3) is 0.174. The van der Waals surface area contributed by atoms with Gasteiger partial charge in [-0.25, -0.2) is 9.67 Å². The summed E-state index contributed by atoms with van der Waals surface area (Å²) in [4.78, 5) is 30.3. The molecule has 0 aliphatic carbocycles. The summed E-state index contributed by atoms with van der Waals surface area (Å²) in [5.41, 5.74) is 3.86. The van der Waals surface area contributed by atoms with E-state index < -0.39 is 0 Å². The number of para-hydroxylation sites is 1. The zero-order valence-corrected chi connectivity index (χ0v) is 16.4. The maximum Gasteiger partial charge on any atom is 0.280 e. The lowest BCUT2D eigenvalue weighted by Gasteiger charge is -2.14. The third-order valence-electron chi connectivity index (χ3n) is 4.97. The Labute approximate surface area is 168 Å². The Hall–Kier alpha value is -3.67. The number of fused-ring (bicyclic) bond motifs is 1. The maximum atomic E-state index is 13.1. The molecule has 0 saturated carbocycles. The lowest BCUT2D eigenvalue weighted by molar-refractivity contribution is -0.116. The topological polar surface area (TPSA) is 68.9 Å². The molecule has 0 radical (unpaired) electrons. The van der Waals surface area contributed by atoms with E-state index in [4.69, 9.17) is 0 Å². The Bertz CT molecular complexity index is 1250. The van der Waals surface area contributed by atoms with Crippen LogP contribution in [0, 0.1) is 6.92 Å². The number of amides is 1. The first-order chi connectivity index (χ1) is 14.1. The standard InChI is InChI=1S/C23H22N4O2/c1-3-17-9-6-10-18(14-17)27-23(29)19-11-7-13-24-22(19)26(27)15-21(28)25-20-12-5-4-8-16(20)2/h4-14H,3,15H2,1-2H3,(H,25,28). The number of pyridine rings is 1. The van der Waals surface area contributed by atoms with Crippen LogP contribution in [-0.4, -0.2) is 20.3 Å². The zero-order chi connectivity index (χ0) is 20.4. The number of carbonyl (C=O) groups excluding carboxylic acids is 1. The van der Waals surface area contributed by atoms with Crippen molar-refractivity contribution in [3.05, 3.63) is 88.3 Å². The molecule has 4 aromatic rings. The van der Waals surface area contributed by atoms with Crippen molar-refractivity contribution in [2.75, 3.05) is 5.32 Å². The molecule has 29 heavy (non-hydrogen) atoms. The minimum Gasteiger partial charge on any atom is -0.324 e. The van der Waals surface area contributed by atoms with Crippen molar-refractivity contribution >= 4 is 22.6 Å². The summed E-state index contributed by atoms with van der Waals surface area (Å²) < 4.78 is 3.17. The average Bonchev–Trinajstić information content (AvgIpc) is 3.01. The number of aromatic nitrogens is 3. The van der Waals surface area contributed by atoms with Crippen LogP contribution in [0.2, 0.25) is 0 Å².